The molecule has 10 heteroatoms. The molecule has 2 atom stereocenters. The van der Waals surface area contributed by atoms with Gasteiger partial charge in [0.25, 0.3) is 5.91 Å². The number of alkyl halides is 3. The molecule has 0 radical (unpaired) electrons. The maximum Gasteiger partial charge on any atom is 0.410 e. The molecule has 37 heavy (non-hydrogen) atoms. The van der Waals surface area contributed by atoms with Crippen LogP contribution in [0.25, 0.3) is 0 Å². The van der Waals surface area contributed by atoms with Crippen molar-refractivity contribution in [1.82, 2.24) is 15.1 Å². The van der Waals surface area contributed by atoms with E-state index >= 15 is 0 Å². The van der Waals surface area contributed by atoms with E-state index in [2.05, 4.69) is 21.0 Å². The Balaban J connectivity index is 1.45. The van der Waals surface area contributed by atoms with E-state index in [1.54, 1.807) is 54.6 Å². The Morgan fingerprint density at radius 3 is 2.27 bits per heavy atom. The normalized spacial score (nSPS) is 20.8. The highest BCUT2D eigenvalue weighted by molar-refractivity contribution is 6.05. The zero-order valence-electron chi connectivity index (χ0n) is 20.1. The molecule has 0 bridgehead atoms. The molecule has 1 saturated carbocycles. The van der Waals surface area contributed by atoms with Crippen LogP contribution < -0.4 is 16.0 Å². The summed E-state index contributed by atoms with van der Waals surface area (Å²) in [7, 11) is 0. The van der Waals surface area contributed by atoms with Crippen molar-refractivity contribution >= 4 is 23.3 Å². The third-order valence-electron chi connectivity index (χ3n) is 7.21. The summed E-state index contributed by atoms with van der Waals surface area (Å²) in [6.45, 7) is 0. The standard InChI is InChI=1S/C27H28F3N5O2/c28-27(29,30)22-16-21(18-10-4-1-5-11-18)33-23-20(17-31-35(22)23)24(36)34-26(14-8-3-9-15-26)25(37)32-19-12-6-2-7-13-19/h1-2,4-7,10-13,17,21-22,33H,3,8-9,14-16H2,(H,32,37)(H,34,36). The van der Waals surface area contributed by atoms with Crippen molar-refractivity contribution in [2.75, 3.05) is 10.6 Å². The average molecular weight is 512 g/mol. The van der Waals surface area contributed by atoms with E-state index in [0.717, 1.165) is 30.1 Å². The summed E-state index contributed by atoms with van der Waals surface area (Å²) in [6, 6.07) is 15.2. The zero-order valence-corrected chi connectivity index (χ0v) is 20.1. The van der Waals surface area contributed by atoms with Gasteiger partial charge in [-0.15, -0.1) is 0 Å². The summed E-state index contributed by atoms with van der Waals surface area (Å²) in [4.78, 5) is 26.9. The third-order valence-corrected chi connectivity index (χ3v) is 7.21. The van der Waals surface area contributed by atoms with Gasteiger partial charge in [0.1, 0.15) is 16.9 Å². The Labute approximate surface area is 212 Å². The number of nitrogens with zero attached hydrogens (tertiary/aromatic N) is 2. The smallest absolute Gasteiger partial charge is 0.363 e. The van der Waals surface area contributed by atoms with E-state index in [1.807, 2.05) is 6.07 Å². The van der Waals surface area contributed by atoms with Gasteiger partial charge in [0, 0.05) is 12.1 Å². The third kappa shape index (κ3) is 5.05. The van der Waals surface area contributed by atoms with Crippen LogP contribution in [0, 0.1) is 0 Å². The van der Waals surface area contributed by atoms with Gasteiger partial charge >= 0.3 is 6.18 Å². The highest BCUT2D eigenvalue weighted by Gasteiger charge is 2.48. The van der Waals surface area contributed by atoms with E-state index in [1.165, 1.54) is 0 Å². The predicted molar refractivity (Wildman–Crippen MR) is 133 cm³/mol. The molecule has 3 N–H and O–H groups in total. The number of carbonyl (C=O) groups is 2. The van der Waals surface area contributed by atoms with Crippen LogP contribution in [0.1, 0.15) is 66.5 Å². The van der Waals surface area contributed by atoms with Crippen molar-refractivity contribution in [3.8, 4) is 0 Å². The van der Waals surface area contributed by atoms with E-state index < -0.39 is 29.7 Å². The number of aromatic nitrogens is 2. The van der Waals surface area contributed by atoms with Crippen LogP contribution >= 0.6 is 0 Å². The molecule has 1 fully saturated rings. The van der Waals surface area contributed by atoms with Crippen LogP contribution in [-0.4, -0.2) is 33.3 Å². The van der Waals surface area contributed by atoms with Crippen LogP contribution in [0.15, 0.2) is 66.9 Å². The maximum absolute atomic E-state index is 14.0. The Kier molecular flexibility index (Phi) is 6.66. The lowest BCUT2D eigenvalue weighted by Crippen LogP contribution is -2.57. The Morgan fingerprint density at radius 1 is 0.973 bits per heavy atom. The fourth-order valence-electron chi connectivity index (χ4n) is 5.25. The first-order valence-corrected chi connectivity index (χ1v) is 12.4. The van der Waals surface area contributed by atoms with Gasteiger partial charge in [-0.05, 0) is 30.5 Å². The number of carbonyl (C=O) groups excluding carboxylic acids is 2. The number of hydrogen-bond acceptors (Lipinski definition) is 4. The van der Waals surface area contributed by atoms with E-state index in [0.29, 0.717) is 24.1 Å². The minimum atomic E-state index is -4.55. The lowest BCUT2D eigenvalue weighted by Gasteiger charge is -2.37. The van der Waals surface area contributed by atoms with Crippen molar-refractivity contribution in [1.29, 1.82) is 0 Å². The Morgan fingerprint density at radius 2 is 1.62 bits per heavy atom. The molecule has 2 aliphatic rings. The number of anilines is 2. The van der Waals surface area contributed by atoms with Gasteiger partial charge in [0.15, 0.2) is 6.04 Å². The monoisotopic (exact) mass is 511 g/mol. The molecule has 2 unspecified atom stereocenters. The molecular formula is C27H28F3N5O2. The summed E-state index contributed by atoms with van der Waals surface area (Å²) in [5.74, 6) is -0.973. The highest BCUT2D eigenvalue weighted by atomic mass is 19.4. The van der Waals surface area contributed by atoms with E-state index in [9.17, 15) is 22.8 Å². The van der Waals surface area contributed by atoms with Gasteiger partial charge in [0.2, 0.25) is 5.91 Å². The minimum Gasteiger partial charge on any atom is -0.363 e. The molecule has 1 aliphatic heterocycles. The molecule has 0 saturated heterocycles. The first-order chi connectivity index (χ1) is 17.8. The molecule has 2 aromatic carbocycles. The van der Waals surface area contributed by atoms with Crippen molar-refractivity contribution in [2.45, 2.75) is 62.3 Å². The van der Waals surface area contributed by atoms with Crippen molar-refractivity contribution < 1.29 is 22.8 Å². The number of para-hydroxylation sites is 1. The molecule has 5 rings (SSSR count). The van der Waals surface area contributed by atoms with Crippen LogP contribution in [0.2, 0.25) is 0 Å². The fraction of sp³-hybridized carbons (Fsp3) is 0.370. The molecular weight excluding hydrogens is 483 g/mol. The summed E-state index contributed by atoms with van der Waals surface area (Å²) in [5.41, 5.74) is 0.0978. The van der Waals surface area contributed by atoms with Gasteiger partial charge in [0.05, 0.1) is 12.2 Å². The number of rotatable bonds is 5. The summed E-state index contributed by atoms with van der Waals surface area (Å²) in [5, 5.41) is 12.8. The Hall–Kier alpha value is -3.82. The number of halogens is 3. The number of nitrogens with one attached hydrogen (secondary N) is 3. The number of hydrogen-bond donors (Lipinski definition) is 3. The topological polar surface area (TPSA) is 88.1 Å². The quantitative estimate of drug-likeness (QED) is 0.415. The maximum atomic E-state index is 14.0. The van der Waals surface area contributed by atoms with Gasteiger partial charge in [-0.2, -0.15) is 18.3 Å². The largest absolute Gasteiger partial charge is 0.410 e. The summed E-state index contributed by atoms with van der Waals surface area (Å²) in [6.07, 6.45) is -0.352. The molecule has 2 heterocycles. The second-order valence-corrected chi connectivity index (χ2v) is 9.67. The van der Waals surface area contributed by atoms with Crippen molar-refractivity contribution in [3.63, 3.8) is 0 Å². The van der Waals surface area contributed by atoms with Gasteiger partial charge in [-0.25, -0.2) is 4.68 Å². The van der Waals surface area contributed by atoms with Crippen LogP contribution in [0.5, 0.6) is 0 Å². The number of amides is 2. The lowest BCUT2D eigenvalue weighted by molar-refractivity contribution is -0.173. The van der Waals surface area contributed by atoms with Crippen molar-refractivity contribution in [2.24, 2.45) is 0 Å². The molecule has 1 aromatic heterocycles. The molecule has 194 valence electrons. The molecule has 1 aliphatic carbocycles. The lowest BCUT2D eigenvalue weighted by atomic mass is 9.80. The second-order valence-electron chi connectivity index (χ2n) is 9.67. The van der Waals surface area contributed by atoms with Gasteiger partial charge in [-0.1, -0.05) is 67.8 Å². The molecule has 0 spiro atoms. The summed E-state index contributed by atoms with van der Waals surface area (Å²) < 4.78 is 42.9. The minimum absolute atomic E-state index is 0.00523. The van der Waals surface area contributed by atoms with Gasteiger partial charge in [-0.3, -0.25) is 9.59 Å². The molecule has 7 nitrogen and oxygen atoms in total. The predicted octanol–water partition coefficient (Wildman–Crippen LogP) is 5.61. The van der Waals surface area contributed by atoms with Crippen LogP contribution in [-0.2, 0) is 4.79 Å². The zero-order chi connectivity index (χ0) is 26.0. The first kappa shape index (κ1) is 24.9. The fourth-order valence-corrected chi connectivity index (χ4v) is 5.25. The number of fused-ring (bicyclic) bond motifs is 1. The SMILES string of the molecule is O=C(NC1(C(=O)Nc2ccccc2)CCCCC1)c1cnn2c1NC(c1ccccc1)CC2C(F)(F)F. The average Bonchev–Trinajstić information content (AvgIpc) is 3.33. The Bertz CT molecular complexity index is 1250. The molecule has 3 aromatic rings. The number of benzene rings is 2. The molecule has 2 amide bonds. The van der Waals surface area contributed by atoms with Crippen LogP contribution in [0.3, 0.4) is 0 Å². The second kappa shape index (κ2) is 9.91. The van der Waals surface area contributed by atoms with E-state index in [-0.39, 0.29) is 23.7 Å². The van der Waals surface area contributed by atoms with Crippen LogP contribution in [0.4, 0.5) is 24.7 Å². The highest BCUT2D eigenvalue weighted by Crippen LogP contribution is 2.44. The first-order valence-electron chi connectivity index (χ1n) is 12.4. The summed E-state index contributed by atoms with van der Waals surface area (Å²) >= 11 is 0. The van der Waals surface area contributed by atoms with E-state index in [4.69, 9.17) is 0 Å². The van der Waals surface area contributed by atoms with Crippen molar-refractivity contribution in [3.05, 3.63) is 78.0 Å². The van der Waals surface area contributed by atoms with Gasteiger partial charge < -0.3 is 16.0 Å².